The van der Waals surface area contributed by atoms with E-state index >= 15 is 0 Å². The quantitative estimate of drug-likeness (QED) is 0.905. The molecule has 2 aromatic rings. The highest BCUT2D eigenvalue weighted by atomic mass is 79.9. The molecule has 2 N–H and O–H groups in total. The van der Waals surface area contributed by atoms with E-state index in [2.05, 4.69) is 25.9 Å². The number of hydrogen-bond acceptors (Lipinski definition) is 3. The van der Waals surface area contributed by atoms with Crippen LogP contribution in [0.25, 0.3) is 11.4 Å². The number of benzene rings is 1. The third-order valence-electron chi connectivity index (χ3n) is 2.07. The molecule has 4 heteroatoms. The van der Waals surface area contributed by atoms with Gasteiger partial charge in [-0.2, -0.15) is 0 Å². The summed E-state index contributed by atoms with van der Waals surface area (Å²) in [5.41, 5.74) is 7.63. The summed E-state index contributed by atoms with van der Waals surface area (Å²) in [5, 5.41) is 0. The molecule has 3 nitrogen and oxygen atoms in total. The van der Waals surface area contributed by atoms with E-state index in [1.807, 2.05) is 24.3 Å². The van der Waals surface area contributed by atoms with E-state index in [1.165, 1.54) is 0 Å². The third kappa shape index (κ3) is 2.40. The van der Waals surface area contributed by atoms with Gasteiger partial charge in [0.25, 0.3) is 0 Å². The fourth-order valence-electron chi connectivity index (χ4n) is 1.25. The van der Waals surface area contributed by atoms with Gasteiger partial charge in [0.15, 0.2) is 5.82 Å². The van der Waals surface area contributed by atoms with Crippen LogP contribution in [0.3, 0.4) is 0 Å². The lowest BCUT2D eigenvalue weighted by Crippen LogP contribution is -1.95. The first-order valence-corrected chi connectivity index (χ1v) is 5.36. The lowest BCUT2D eigenvalue weighted by atomic mass is 10.1. The van der Waals surface area contributed by atoms with Crippen molar-refractivity contribution in [1.82, 2.24) is 9.97 Å². The second kappa shape index (κ2) is 4.51. The Balaban J connectivity index is 2.33. The van der Waals surface area contributed by atoms with E-state index in [9.17, 15) is 0 Å². The first-order chi connectivity index (χ1) is 7.29. The average molecular weight is 264 g/mol. The molecule has 0 amide bonds. The Hall–Kier alpha value is -1.26. The molecule has 1 aromatic heterocycles. The summed E-state index contributed by atoms with van der Waals surface area (Å²) in [6.45, 7) is 0.557. The summed E-state index contributed by atoms with van der Waals surface area (Å²) in [4.78, 5) is 8.43. The number of nitrogens with zero attached hydrogens (tertiary/aromatic N) is 2. The fraction of sp³-hybridized carbons (Fsp3) is 0.0909. The minimum absolute atomic E-state index is 0.557. The molecule has 0 atom stereocenters. The van der Waals surface area contributed by atoms with Crippen molar-refractivity contribution in [2.45, 2.75) is 6.54 Å². The third-order valence-corrected chi connectivity index (χ3v) is 2.48. The van der Waals surface area contributed by atoms with Crippen molar-refractivity contribution in [1.29, 1.82) is 0 Å². The smallest absolute Gasteiger partial charge is 0.159 e. The van der Waals surface area contributed by atoms with Crippen molar-refractivity contribution in [2.75, 3.05) is 0 Å². The Morgan fingerprint density at radius 3 is 2.20 bits per heavy atom. The Morgan fingerprint density at radius 1 is 1.07 bits per heavy atom. The monoisotopic (exact) mass is 263 g/mol. The van der Waals surface area contributed by atoms with Gasteiger partial charge < -0.3 is 5.73 Å². The first-order valence-electron chi connectivity index (χ1n) is 4.56. The number of aromatic nitrogens is 2. The van der Waals surface area contributed by atoms with Gasteiger partial charge in [-0.3, -0.25) is 0 Å². The minimum Gasteiger partial charge on any atom is -0.326 e. The van der Waals surface area contributed by atoms with Crippen molar-refractivity contribution in [3.8, 4) is 11.4 Å². The largest absolute Gasteiger partial charge is 0.326 e. The maximum absolute atomic E-state index is 5.52. The predicted molar refractivity (Wildman–Crippen MR) is 63.1 cm³/mol. The highest BCUT2D eigenvalue weighted by Crippen LogP contribution is 2.16. The van der Waals surface area contributed by atoms with Gasteiger partial charge in [-0.25, -0.2) is 9.97 Å². The molecule has 0 aliphatic rings. The van der Waals surface area contributed by atoms with Gasteiger partial charge in [0.1, 0.15) is 0 Å². The van der Waals surface area contributed by atoms with Gasteiger partial charge in [-0.1, -0.05) is 24.3 Å². The number of nitrogens with two attached hydrogens (primary N) is 1. The Morgan fingerprint density at radius 2 is 1.67 bits per heavy atom. The second-order valence-corrected chi connectivity index (χ2v) is 4.04. The zero-order valence-corrected chi connectivity index (χ0v) is 9.61. The van der Waals surface area contributed by atoms with Gasteiger partial charge in [0.2, 0.25) is 0 Å². The molecule has 0 aliphatic carbocycles. The van der Waals surface area contributed by atoms with Crippen LogP contribution in [0.15, 0.2) is 41.1 Å². The van der Waals surface area contributed by atoms with Gasteiger partial charge in [-0.05, 0) is 21.5 Å². The van der Waals surface area contributed by atoms with Crippen LogP contribution in [0, 0.1) is 0 Å². The number of hydrogen-bond donors (Lipinski definition) is 1. The van der Waals surface area contributed by atoms with Crippen LogP contribution in [0.5, 0.6) is 0 Å². The predicted octanol–water partition coefficient (Wildman–Crippen LogP) is 2.36. The minimum atomic E-state index is 0.557. The first kappa shape index (κ1) is 10.3. The lowest BCUT2D eigenvalue weighted by molar-refractivity contribution is 1.07. The molecule has 0 aliphatic heterocycles. The van der Waals surface area contributed by atoms with Crippen LogP contribution in [0.4, 0.5) is 0 Å². The highest BCUT2D eigenvalue weighted by molar-refractivity contribution is 9.10. The highest BCUT2D eigenvalue weighted by Gasteiger charge is 2.00. The fourth-order valence-corrected chi connectivity index (χ4v) is 1.46. The topological polar surface area (TPSA) is 51.8 Å². The molecule has 0 saturated heterocycles. The standard InChI is InChI=1S/C11H10BrN3/c12-10-6-14-11(15-7-10)9-3-1-8(5-13)2-4-9/h1-4,6-7H,5,13H2. The van der Waals surface area contributed by atoms with Crippen molar-refractivity contribution in [2.24, 2.45) is 5.73 Å². The van der Waals surface area contributed by atoms with Gasteiger partial charge >= 0.3 is 0 Å². The molecule has 0 unspecified atom stereocenters. The Labute approximate surface area is 96.5 Å². The van der Waals surface area contributed by atoms with Crippen molar-refractivity contribution >= 4 is 15.9 Å². The van der Waals surface area contributed by atoms with Crippen molar-refractivity contribution in [3.05, 3.63) is 46.7 Å². The number of rotatable bonds is 2. The second-order valence-electron chi connectivity index (χ2n) is 3.13. The normalized spacial score (nSPS) is 10.3. The van der Waals surface area contributed by atoms with E-state index in [4.69, 9.17) is 5.73 Å². The van der Waals surface area contributed by atoms with E-state index in [1.54, 1.807) is 12.4 Å². The SMILES string of the molecule is NCc1ccc(-c2ncc(Br)cn2)cc1. The number of halogens is 1. The van der Waals surface area contributed by atoms with Gasteiger partial charge in [0.05, 0.1) is 4.47 Å². The van der Waals surface area contributed by atoms with Crippen LogP contribution >= 0.6 is 15.9 Å². The summed E-state index contributed by atoms with van der Waals surface area (Å²) in [6, 6.07) is 7.93. The molecule has 76 valence electrons. The summed E-state index contributed by atoms with van der Waals surface area (Å²) in [6.07, 6.45) is 3.47. The van der Waals surface area contributed by atoms with E-state index in [0.29, 0.717) is 6.54 Å². The van der Waals surface area contributed by atoms with Crippen molar-refractivity contribution in [3.63, 3.8) is 0 Å². The summed E-state index contributed by atoms with van der Waals surface area (Å²) < 4.78 is 0.879. The van der Waals surface area contributed by atoms with Gasteiger partial charge in [-0.15, -0.1) is 0 Å². The molecule has 0 saturated carbocycles. The van der Waals surface area contributed by atoms with Crippen LogP contribution in [-0.4, -0.2) is 9.97 Å². The maximum atomic E-state index is 5.52. The maximum Gasteiger partial charge on any atom is 0.159 e. The molecule has 15 heavy (non-hydrogen) atoms. The summed E-state index contributed by atoms with van der Waals surface area (Å²) in [7, 11) is 0. The van der Waals surface area contributed by atoms with Crippen molar-refractivity contribution < 1.29 is 0 Å². The van der Waals surface area contributed by atoms with Crippen LogP contribution in [-0.2, 0) is 6.54 Å². The molecule has 0 radical (unpaired) electrons. The van der Waals surface area contributed by atoms with Crippen LogP contribution in [0.1, 0.15) is 5.56 Å². The zero-order chi connectivity index (χ0) is 10.7. The van der Waals surface area contributed by atoms with Crippen LogP contribution in [0.2, 0.25) is 0 Å². The summed E-state index contributed by atoms with van der Waals surface area (Å²) in [5.74, 6) is 0.724. The summed E-state index contributed by atoms with van der Waals surface area (Å²) >= 11 is 3.30. The molecule has 1 aromatic carbocycles. The van der Waals surface area contributed by atoms with Crippen LogP contribution < -0.4 is 5.73 Å². The molecule has 0 fully saturated rings. The van der Waals surface area contributed by atoms with E-state index in [0.717, 1.165) is 21.4 Å². The lowest BCUT2D eigenvalue weighted by Gasteiger charge is -2.01. The average Bonchev–Trinajstić information content (AvgIpc) is 2.30. The molecular weight excluding hydrogens is 254 g/mol. The Bertz CT molecular complexity index is 436. The zero-order valence-electron chi connectivity index (χ0n) is 8.02. The molecule has 1 heterocycles. The molecule has 2 rings (SSSR count). The molecule has 0 bridgehead atoms. The Kier molecular flexibility index (Phi) is 3.08. The van der Waals surface area contributed by atoms with Gasteiger partial charge in [0, 0.05) is 24.5 Å². The molecular formula is C11H10BrN3. The molecule has 0 spiro atoms. The van der Waals surface area contributed by atoms with E-state index in [-0.39, 0.29) is 0 Å². The van der Waals surface area contributed by atoms with E-state index < -0.39 is 0 Å².